The molecule has 2 aromatic rings. The van der Waals surface area contributed by atoms with Crippen LogP contribution in [-0.4, -0.2) is 30.0 Å². The minimum atomic E-state index is -4.76. The quantitative estimate of drug-likeness (QED) is 0.184. The third-order valence-corrected chi connectivity index (χ3v) is 6.34. The second-order valence-electron chi connectivity index (χ2n) is 8.86. The Morgan fingerprint density at radius 1 is 1.11 bits per heavy atom. The van der Waals surface area contributed by atoms with Gasteiger partial charge >= 0.3 is 6.18 Å². The van der Waals surface area contributed by atoms with Crippen LogP contribution in [0.4, 0.5) is 18.9 Å². The lowest BCUT2D eigenvalue weighted by atomic mass is 10.0. The smallest absolute Gasteiger partial charge is 0.416 e. The minimum Gasteiger partial charge on any atom is -0.505 e. The van der Waals surface area contributed by atoms with Crippen LogP contribution in [0.25, 0.3) is 0 Å². The van der Waals surface area contributed by atoms with E-state index in [-0.39, 0.29) is 12.5 Å². The zero-order valence-electron chi connectivity index (χ0n) is 19.8. The summed E-state index contributed by atoms with van der Waals surface area (Å²) in [5.41, 5.74) is -0.0744. The second-order valence-corrected chi connectivity index (χ2v) is 8.86. The molecule has 0 radical (unpaired) electrons. The van der Waals surface area contributed by atoms with Gasteiger partial charge in [-0.3, -0.25) is 9.59 Å². The molecule has 0 saturated heterocycles. The molecule has 1 aliphatic carbocycles. The van der Waals surface area contributed by atoms with Gasteiger partial charge in [0.2, 0.25) is 6.41 Å². The molecule has 2 atom stereocenters. The maximum atomic E-state index is 13.4. The highest BCUT2D eigenvalue weighted by Gasteiger charge is 2.36. The topological polar surface area (TPSA) is 90.5 Å². The number of alkyl halides is 3. The Balaban J connectivity index is 1.75. The molecule has 1 aliphatic rings. The summed E-state index contributed by atoms with van der Waals surface area (Å²) in [6.07, 6.45) is 2.78. The highest BCUT2D eigenvalue weighted by molar-refractivity contribution is 6.00. The van der Waals surface area contributed by atoms with E-state index in [0.717, 1.165) is 30.5 Å². The monoisotopic (exact) mass is 491 g/mol. The number of hydrogen-bond acceptors (Lipinski definition) is 4. The van der Waals surface area contributed by atoms with E-state index in [0.29, 0.717) is 18.6 Å². The number of aromatic hydroxyl groups is 1. The molecule has 0 heterocycles. The standard InChI is InChI=1S/C26H32F3N3O3/c1-2-3-4-5-6-9-12-30-23-19-11-8-7-10-17(19)13-21(23)32-25(35)20-14-18(26(27,28)29)15-22(24(20)34)31-16-33/h7-8,10-11,14-16,21,23,30,34H,2-6,9,12-13H2,1H3,(H,31,33)(H,32,35). The molecule has 3 rings (SSSR count). The number of carbonyl (C=O) groups excluding carboxylic acids is 2. The van der Waals surface area contributed by atoms with Crippen LogP contribution in [-0.2, 0) is 17.4 Å². The molecule has 0 saturated carbocycles. The maximum Gasteiger partial charge on any atom is 0.416 e. The summed E-state index contributed by atoms with van der Waals surface area (Å²) < 4.78 is 40.1. The summed E-state index contributed by atoms with van der Waals surface area (Å²) in [5.74, 6) is -1.55. The van der Waals surface area contributed by atoms with Crippen LogP contribution in [0, 0.1) is 0 Å². The molecular formula is C26H32F3N3O3. The van der Waals surface area contributed by atoms with E-state index in [1.807, 2.05) is 29.6 Å². The summed E-state index contributed by atoms with van der Waals surface area (Å²) in [4.78, 5) is 23.9. The fraction of sp³-hybridized carbons (Fsp3) is 0.462. The van der Waals surface area contributed by atoms with Crippen molar-refractivity contribution in [2.75, 3.05) is 11.9 Å². The average molecular weight is 492 g/mol. The van der Waals surface area contributed by atoms with Crippen molar-refractivity contribution in [2.45, 2.75) is 70.1 Å². The summed E-state index contributed by atoms with van der Waals surface area (Å²) in [6, 6.07) is 8.35. The number of hydrogen-bond donors (Lipinski definition) is 4. The molecule has 0 aliphatic heterocycles. The molecule has 4 N–H and O–H groups in total. The SMILES string of the molecule is CCCCCCCCNC1c2ccccc2CC1NC(=O)c1cc(C(F)(F)F)cc(NC=O)c1O. The number of phenolic OH excluding ortho intramolecular Hbond substituents is 1. The summed E-state index contributed by atoms with van der Waals surface area (Å²) in [6.45, 7) is 2.92. The van der Waals surface area contributed by atoms with Gasteiger partial charge in [-0.25, -0.2) is 0 Å². The van der Waals surface area contributed by atoms with Crippen molar-refractivity contribution >= 4 is 18.0 Å². The lowest BCUT2D eigenvalue weighted by Gasteiger charge is -2.24. The van der Waals surface area contributed by atoms with E-state index in [1.54, 1.807) is 0 Å². The zero-order valence-corrected chi connectivity index (χ0v) is 19.8. The van der Waals surface area contributed by atoms with Crippen molar-refractivity contribution in [1.29, 1.82) is 0 Å². The van der Waals surface area contributed by atoms with E-state index in [9.17, 15) is 27.9 Å². The van der Waals surface area contributed by atoms with E-state index in [1.165, 1.54) is 25.7 Å². The van der Waals surface area contributed by atoms with Crippen LogP contribution in [0.2, 0.25) is 0 Å². The van der Waals surface area contributed by atoms with E-state index in [2.05, 4.69) is 17.6 Å². The molecule has 0 bridgehead atoms. The Morgan fingerprint density at radius 3 is 2.54 bits per heavy atom. The maximum absolute atomic E-state index is 13.4. The Labute approximate surface area is 203 Å². The molecule has 9 heteroatoms. The first kappa shape index (κ1) is 26.5. The zero-order chi connectivity index (χ0) is 25.4. The van der Waals surface area contributed by atoms with Crippen LogP contribution in [0.1, 0.15) is 78.5 Å². The third kappa shape index (κ3) is 6.75. The summed E-state index contributed by atoms with van der Waals surface area (Å²) >= 11 is 0. The number of phenols is 1. The predicted molar refractivity (Wildman–Crippen MR) is 128 cm³/mol. The van der Waals surface area contributed by atoms with Crippen LogP contribution >= 0.6 is 0 Å². The Kier molecular flexibility index (Phi) is 9.14. The van der Waals surface area contributed by atoms with Crippen LogP contribution in [0.5, 0.6) is 5.75 Å². The molecule has 2 unspecified atom stereocenters. The van der Waals surface area contributed by atoms with Crippen molar-refractivity contribution in [1.82, 2.24) is 10.6 Å². The van der Waals surface area contributed by atoms with Gasteiger partial charge in [-0.15, -0.1) is 0 Å². The van der Waals surface area contributed by atoms with Gasteiger partial charge in [0.25, 0.3) is 5.91 Å². The normalized spacial score (nSPS) is 17.1. The van der Waals surface area contributed by atoms with E-state index < -0.39 is 40.7 Å². The first-order valence-corrected chi connectivity index (χ1v) is 12.0. The third-order valence-electron chi connectivity index (χ3n) is 6.34. The van der Waals surface area contributed by atoms with Gasteiger partial charge in [-0.2, -0.15) is 13.2 Å². The molecule has 2 aromatic carbocycles. The first-order valence-electron chi connectivity index (χ1n) is 12.0. The number of nitrogens with one attached hydrogen (secondary N) is 3. The van der Waals surface area contributed by atoms with Crippen LogP contribution < -0.4 is 16.0 Å². The number of halogens is 3. The van der Waals surface area contributed by atoms with Gasteiger partial charge in [-0.1, -0.05) is 63.3 Å². The summed E-state index contributed by atoms with van der Waals surface area (Å²) in [7, 11) is 0. The average Bonchev–Trinajstić information content (AvgIpc) is 3.16. The predicted octanol–water partition coefficient (Wildman–Crippen LogP) is 5.33. The van der Waals surface area contributed by atoms with Crippen molar-refractivity contribution < 1.29 is 27.9 Å². The van der Waals surface area contributed by atoms with E-state index >= 15 is 0 Å². The minimum absolute atomic E-state index is 0.146. The van der Waals surface area contributed by atoms with Gasteiger partial charge in [0.15, 0.2) is 5.75 Å². The fourth-order valence-electron chi connectivity index (χ4n) is 4.54. The van der Waals surface area contributed by atoms with Crippen molar-refractivity contribution in [3.8, 4) is 5.75 Å². The molecule has 2 amide bonds. The number of fused-ring (bicyclic) bond motifs is 1. The number of rotatable bonds is 12. The molecule has 190 valence electrons. The Morgan fingerprint density at radius 2 is 1.83 bits per heavy atom. The summed E-state index contributed by atoms with van der Waals surface area (Å²) in [5, 5.41) is 18.7. The Bertz CT molecular complexity index is 1030. The van der Waals surface area contributed by atoms with Gasteiger partial charge in [0, 0.05) is 0 Å². The Hall–Kier alpha value is -3.07. The number of anilines is 1. The molecule has 0 fully saturated rings. The number of benzene rings is 2. The number of unbranched alkanes of at least 4 members (excludes halogenated alkanes) is 5. The number of amides is 2. The van der Waals surface area contributed by atoms with Crippen LogP contribution in [0.15, 0.2) is 36.4 Å². The van der Waals surface area contributed by atoms with Gasteiger partial charge in [0.05, 0.1) is 28.9 Å². The highest BCUT2D eigenvalue weighted by atomic mass is 19.4. The van der Waals surface area contributed by atoms with Crippen LogP contribution in [0.3, 0.4) is 0 Å². The van der Waals surface area contributed by atoms with Crippen molar-refractivity contribution in [2.24, 2.45) is 0 Å². The van der Waals surface area contributed by atoms with Gasteiger partial charge in [-0.05, 0) is 42.6 Å². The van der Waals surface area contributed by atoms with Gasteiger partial charge < -0.3 is 21.1 Å². The molecule has 0 aromatic heterocycles. The molecule has 6 nitrogen and oxygen atoms in total. The van der Waals surface area contributed by atoms with Crippen molar-refractivity contribution in [3.05, 3.63) is 58.7 Å². The molecule has 0 spiro atoms. The highest BCUT2D eigenvalue weighted by Crippen LogP contribution is 2.38. The largest absolute Gasteiger partial charge is 0.505 e. The molecular weight excluding hydrogens is 459 g/mol. The lowest BCUT2D eigenvalue weighted by Crippen LogP contribution is -2.43. The van der Waals surface area contributed by atoms with Gasteiger partial charge in [0.1, 0.15) is 0 Å². The molecule has 35 heavy (non-hydrogen) atoms. The lowest BCUT2D eigenvalue weighted by molar-refractivity contribution is -0.137. The van der Waals surface area contributed by atoms with E-state index in [4.69, 9.17) is 0 Å². The second kappa shape index (κ2) is 12.1. The number of carbonyl (C=O) groups is 2. The fourth-order valence-corrected chi connectivity index (χ4v) is 4.54. The van der Waals surface area contributed by atoms with Crippen molar-refractivity contribution in [3.63, 3.8) is 0 Å². The first-order chi connectivity index (χ1) is 16.8.